The Hall–Kier alpha value is -1.13. The molecule has 0 bridgehead atoms. The zero-order valence-electron chi connectivity index (χ0n) is 12.5. The molecule has 1 fully saturated rings. The summed E-state index contributed by atoms with van der Waals surface area (Å²) in [4.78, 5) is 2.13. The lowest BCUT2D eigenvalue weighted by atomic mass is 10.1. The van der Waals surface area contributed by atoms with Crippen molar-refractivity contribution >= 4 is 5.69 Å². The molecule has 0 spiro atoms. The van der Waals surface area contributed by atoms with Crippen LogP contribution in [0.3, 0.4) is 0 Å². The first kappa shape index (κ1) is 15.3. The van der Waals surface area contributed by atoms with E-state index >= 15 is 0 Å². The van der Waals surface area contributed by atoms with Crippen LogP contribution in [0.15, 0.2) is 18.2 Å². The fourth-order valence-electron chi connectivity index (χ4n) is 2.63. The van der Waals surface area contributed by atoms with Crippen molar-refractivity contribution in [3.05, 3.63) is 29.6 Å². The Morgan fingerprint density at radius 1 is 1.40 bits per heavy atom. The van der Waals surface area contributed by atoms with Gasteiger partial charge >= 0.3 is 0 Å². The van der Waals surface area contributed by atoms with Crippen LogP contribution in [0.2, 0.25) is 0 Å². The van der Waals surface area contributed by atoms with Crippen LogP contribution in [-0.2, 0) is 11.3 Å². The molecule has 20 heavy (non-hydrogen) atoms. The van der Waals surface area contributed by atoms with Gasteiger partial charge in [-0.3, -0.25) is 0 Å². The van der Waals surface area contributed by atoms with Crippen LogP contribution in [0.1, 0.15) is 32.3 Å². The Bertz CT molecular complexity index is 425. The Morgan fingerprint density at radius 3 is 3.00 bits per heavy atom. The Balaban J connectivity index is 2.15. The lowest BCUT2D eigenvalue weighted by molar-refractivity contribution is 0.0381. The minimum Gasteiger partial charge on any atom is -0.375 e. The largest absolute Gasteiger partial charge is 0.375 e. The van der Waals surface area contributed by atoms with Gasteiger partial charge in [-0.2, -0.15) is 0 Å². The number of nitrogens with one attached hydrogen (secondary N) is 1. The highest BCUT2D eigenvalue weighted by atomic mass is 19.1. The average Bonchev–Trinajstić information content (AvgIpc) is 2.48. The van der Waals surface area contributed by atoms with Crippen LogP contribution in [-0.4, -0.2) is 32.3 Å². The first-order valence-corrected chi connectivity index (χ1v) is 7.60. The van der Waals surface area contributed by atoms with E-state index in [1.807, 2.05) is 6.07 Å². The summed E-state index contributed by atoms with van der Waals surface area (Å²) in [5.74, 6) is -0.127. The molecule has 1 aromatic carbocycles. The van der Waals surface area contributed by atoms with E-state index in [4.69, 9.17) is 4.74 Å². The molecule has 1 aliphatic heterocycles. The van der Waals surface area contributed by atoms with Crippen molar-refractivity contribution in [3.63, 3.8) is 0 Å². The third-order valence-corrected chi connectivity index (χ3v) is 3.72. The van der Waals surface area contributed by atoms with Gasteiger partial charge < -0.3 is 15.0 Å². The molecule has 1 N–H and O–H groups in total. The number of benzene rings is 1. The highest BCUT2D eigenvalue weighted by Gasteiger charge is 2.23. The monoisotopic (exact) mass is 280 g/mol. The van der Waals surface area contributed by atoms with Crippen molar-refractivity contribution in [2.45, 2.75) is 39.3 Å². The highest BCUT2D eigenvalue weighted by Crippen LogP contribution is 2.26. The van der Waals surface area contributed by atoms with E-state index in [2.05, 4.69) is 24.1 Å². The van der Waals surface area contributed by atoms with E-state index in [0.29, 0.717) is 6.61 Å². The summed E-state index contributed by atoms with van der Waals surface area (Å²) in [7, 11) is 0. The molecule has 1 saturated heterocycles. The number of anilines is 1. The standard InChI is InChI=1S/C16H25FN2O/c1-3-8-18-11-13-6-5-7-15(17)16(13)19-9-10-20-14(4-2)12-19/h5-7,14,18H,3-4,8-12H2,1-2H3. The van der Waals surface area contributed by atoms with Gasteiger partial charge in [0.05, 0.1) is 18.4 Å². The molecule has 1 atom stereocenters. The fourth-order valence-corrected chi connectivity index (χ4v) is 2.63. The lowest BCUT2D eigenvalue weighted by Crippen LogP contribution is -2.43. The average molecular weight is 280 g/mol. The second kappa shape index (κ2) is 7.60. The normalized spacial score (nSPS) is 19.4. The van der Waals surface area contributed by atoms with Gasteiger partial charge in [0.2, 0.25) is 0 Å². The summed E-state index contributed by atoms with van der Waals surface area (Å²) in [5.41, 5.74) is 1.79. The molecule has 0 aliphatic carbocycles. The zero-order valence-corrected chi connectivity index (χ0v) is 12.5. The Kier molecular flexibility index (Phi) is 5.80. The maximum Gasteiger partial charge on any atom is 0.146 e. The molecule has 0 amide bonds. The Labute approximate surface area is 121 Å². The molecule has 0 aromatic heterocycles. The summed E-state index contributed by atoms with van der Waals surface area (Å²) in [6, 6.07) is 5.35. The lowest BCUT2D eigenvalue weighted by Gasteiger charge is -2.35. The van der Waals surface area contributed by atoms with Gasteiger partial charge in [-0.05, 0) is 31.0 Å². The molecule has 1 heterocycles. The molecule has 112 valence electrons. The van der Waals surface area contributed by atoms with Crippen molar-refractivity contribution < 1.29 is 9.13 Å². The van der Waals surface area contributed by atoms with Crippen LogP contribution in [0.25, 0.3) is 0 Å². The third-order valence-electron chi connectivity index (χ3n) is 3.72. The van der Waals surface area contributed by atoms with E-state index < -0.39 is 0 Å². The van der Waals surface area contributed by atoms with Gasteiger partial charge in [0.15, 0.2) is 0 Å². The molecule has 3 nitrogen and oxygen atoms in total. The molecule has 1 aromatic rings. The first-order valence-electron chi connectivity index (χ1n) is 7.60. The van der Waals surface area contributed by atoms with Crippen molar-refractivity contribution in [2.75, 3.05) is 31.1 Å². The predicted molar refractivity (Wildman–Crippen MR) is 80.6 cm³/mol. The highest BCUT2D eigenvalue weighted by molar-refractivity contribution is 5.55. The summed E-state index contributed by atoms with van der Waals surface area (Å²) < 4.78 is 19.9. The maximum absolute atomic E-state index is 14.3. The number of ether oxygens (including phenoxy) is 1. The van der Waals surface area contributed by atoms with Crippen LogP contribution in [0, 0.1) is 5.82 Å². The van der Waals surface area contributed by atoms with Crippen LogP contribution >= 0.6 is 0 Å². The fraction of sp³-hybridized carbons (Fsp3) is 0.625. The van der Waals surface area contributed by atoms with Crippen LogP contribution in [0.5, 0.6) is 0 Å². The minimum atomic E-state index is -0.127. The van der Waals surface area contributed by atoms with Crippen molar-refractivity contribution in [1.29, 1.82) is 0 Å². The number of nitrogens with zero attached hydrogens (tertiary/aromatic N) is 1. The summed E-state index contributed by atoms with van der Waals surface area (Å²) >= 11 is 0. The topological polar surface area (TPSA) is 24.5 Å². The molecular weight excluding hydrogens is 255 g/mol. The molecule has 1 unspecified atom stereocenters. The van der Waals surface area contributed by atoms with Gasteiger partial charge in [0.1, 0.15) is 5.82 Å². The van der Waals surface area contributed by atoms with E-state index in [9.17, 15) is 4.39 Å². The first-order chi connectivity index (χ1) is 9.76. The zero-order chi connectivity index (χ0) is 14.4. The number of hydrogen-bond donors (Lipinski definition) is 1. The van der Waals surface area contributed by atoms with Gasteiger partial charge in [-0.15, -0.1) is 0 Å². The summed E-state index contributed by atoms with van der Waals surface area (Å²) in [6.07, 6.45) is 2.26. The van der Waals surface area contributed by atoms with Crippen LogP contribution < -0.4 is 10.2 Å². The maximum atomic E-state index is 14.3. The van der Waals surface area contributed by atoms with E-state index in [1.54, 1.807) is 12.1 Å². The molecule has 0 saturated carbocycles. The molecule has 2 rings (SSSR count). The van der Waals surface area contributed by atoms with Gasteiger partial charge in [0, 0.05) is 19.6 Å². The van der Waals surface area contributed by atoms with Crippen molar-refractivity contribution in [1.82, 2.24) is 5.32 Å². The third kappa shape index (κ3) is 3.70. The number of para-hydroxylation sites is 1. The number of morpholine rings is 1. The van der Waals surface area contributed by atoms with Gasteiger partial charge in [-0.25, -0.2) is 4.39 Å². The quantitative estimate of drug-likeness (QED) is 0.811. The van der Waals surface area contributed by atoms with E-state index in [-0.39, 0.29) is 11.9 Å². The SMILES string of the molecule is CCCNCc1cccc(F)c1N1CCOC(CC)C1. The Morgan fingerprint density at radius 2 is 2.25 bits per heavy atom. The molecule has 4 heteroatoms. The number of halogens is 1. The smallest absolute Gasteiger partial charge is 0.146 e. The molecular formula is C16H25FN2O. The van der Waals surface area contributed by atoms with Crippen LogP contribution in [0.4, 0.5) is 10.1 Å². The predicted octanol–water partition coefficient (Wildman–Crippen LogP) is 2.94. The second-order valence-corrected chi connectivity index (χ2v) is 5.27. The molecule has 0 radical (unpaired) electrons. The van der Waals surface area contributed by atoms with Crippen molar-refractivity contribution in [3.8, 4) is 0 Å². The second-order valence-electron chi connectivity index (χ2n) is 5.27. The van der Waals surface area contributed by atoms with Gasteiger partial charge in [0.25, 0.3) is 0 Å². The summed E-state index contributed by atoms with van der Waals surface area (Å²) in [5, 5.41) is 3.36. The van der Waals surface area contributed by atoms with E-state index in [1.165, 1.54) is 0 Å². The number of hydrogen-bond acceptors (Lipinski definition) is 3. The molecule has 1 aliphatic rings. The van der Waals surface area contributed by atoms with Crippen molar-refractivity contribution in [2.24, 2.45) is 0 Å². The summed E-state index contributed by atoms with van der Waals surface area (Å²) in [6.45, 7) is 8.13. The van der Waals surface area contributed by atoms with Gasteiger partial charge in [-0.1, -0.05) is 26.0 Å². The van der Waals surface area contributed by atoms with E-state index in [0.717, 1.165) is 50.3 Å². The minimum absolute atomic E-state index is 0.127. The number of rotatable bonds is 6.